The molecule has 0 aliphatic carbocycles. The summed E-state index contributed by atoms with van der Waals surface area (Å²) in [5.41, 5.74) is 2.52. The normalized spacial score (nSPS) is 10.5. The van der Waals surface area contributed by atoms with Crippen molar-refractivity contribution in [1.82, 2.24) is 0 Å². The number of thioether (sulfide) groups is 1. The molecule has 0 atom stereocenters. The van der Waals surface area contributed by atoms with Crippen molar-refractivity contribution < 1.29 is 9.21 Å². The van der Waals surface area contributed by atoms with Crippen LogP contribution in [0.15, 0.2) is 76.2 Å². The van der Waals surface area contributed by atoms with Crippen molar-refractivity contribution in [3.8, 4) is 0 Å². The average Bonchev–Trinajstić information content (AvgIpc) is 3.05. The fourth-order valence-corrected chi connectivity index (χ4v) is 3.03. The molecule has 0 saturated heterocycles. The Labute approximate surface area is 139 Å². The molecule has 0 fully saturated rings. The lowest BCUT2D eigenvalue weighted by molar-refractivity contribution is 0.102. The van der Waals surface area contributed by atoms with Crippen LogP contribution in [-0.2, 0) is 5.75 Å². The summed E-state index contributed by atoms with van der Waals surface area (Å²) in [5, 5.41) is 2.90. The fourth-order valence-electron chi connectivity index (χ4n) is 2.16. The van der Waals surface area contributed by atoms with Crippen LogP contribution in [0.4, 0.5) is 5.69 Å². The number of nitrogens with one attached hydrogen (secondary N) is 1. The molecule has 3 nitrogen and oxygen atoms in total. The Hall–Kier alpha value is -2.46. The molecular formula is C19H17NO2S. The van der Waals surface area contributed by atoms with E-state index in [0.29, 0.717) is 17.1 Å². The van der Waals surface area contributed by atoms with Crippen LogP contribution in [0.3, 0.4) is 0 Å². The van der Waals surface area contributed by atoms with E-state index in [1.54, 1.807) is 24.1 Å². The lowest BCUT2D eigenvalue weighted by atomic mass is 10.2. The van der Waals surface area contributed by atoms with Gasteiger partial charge in [0.1, 0.15) is 5.76 Å². The highest BCUT2D eigenvalue weighted by Gasteiger charge is 2.15. The first-order valence-electron chi connectivity index (χ1n) is 7.34. The van der Waals surface area contributed by atoms with Crippen molar-refractivity contribution in [1.29, 1.82) is 0 Å². The molecule has 0 saturated carbocycles. The monoisotopic (exact) mass is 323 g/mol. The van der Waals surface area contributed by atoms with Crippen molar-refractivity contribution in [2.75, 3.05) is 5.32 Å². The van der Waals surface area contributed by atoms with Gasteiger partial charge in [0.15, 0.2) is 0 Å². The predicted octanol–water partition coefficient (Wildman–Crippen LogP) is 5.13. The number of aryl methyl sites for hydroxylation is 1. The quantitative estimate of drug-likeness (QED) is 0.662. The summed E-state index contributed by atoms with van der Waals surface area (Å²) in [4.78, 5) is 13.6. The van der Waals surface area contributed by atoms with Gasteiger partial charge < -0.3 is 9.73 Å². The highest BCUT2D eigenvalue weighted by molar-refractivity contribution is 7.98. The minimum Gasteiger partial charge on any atom is -0.468 e. The van der Waals surface area contributed by atoms with E-state index in [1.165, 1.54) is 0 Å². The maximum Gasteiger partial charge on any atom is 0.259 e. The zero-order chi connectivity index (χ0) is 16.1. The van der Waals surface area contributed by atoms with Gasteiger partial charge in [-0.05, 0) is 37.3 Å². The zero-order valence-corrected chi connectivity index (χ0v) is 13.6. The second kappa shape index (κ2) is 7.20. The Morgan fingerprint density at radius 2 is 1.78 bits per heavy atom. The smallest absolute Gasteiger partial charge is 0.259 e. The third kappa shape index (κ3) is 4.05. The summed E-state index contributed by atoms with van der Waals surface area (Å²) in [6.07, 6.45) is 1.56. The maximum atomic E-state index is 12.4. The molecule has 0 unspecified atom stereocenters. The Balaban J connectivity index is 1.67. The second-order valence-electron chi connectivity index (χ2n) is 5.18. The largest absolute Gasteiger partial charge is 0.468 e. The Bertz CT molecular complexity index is 779. The third-order valence-corrected chi connectivity index (χ3v) is 4.42. The van der Waals surface area contributed by atoms with Crippen molar-refractivity contribution in [3.63, 3.8) is 0 Å². The molecular weight excluding hydrogens is 306 g/mol. The van der Waals surface area contributed by atoms with Crippen LogP contribution in [0.25, 0.3) is 0 Å². The van der Waals surface area contributed by atoms with E-state index in [4.69, 9.17) is 4.42 Å². The summed E-state index contributed by atoms with van der Waals surface area (Å²) in [6, 6.07) is 19.5. The van der Waals surface area contributed by atoms with Gasteiger partial charge in [0.25, 0.3) is 5.91 Å². The van der Waals surface area contributed by atoms with E-state index in [1.807, 2.05) is 61.5 Å². The number of hydrogen-bond acceptors (Lipinski definition) is 3. The third-order valence-electron chi connectivity index (χ3n) is 3.41. The number of carbonyl (C=O) groups excluding carboxylic acids is 1. The minimum absolute atomic E-state index is 0.147. The van der Waals surface area contributed by atoms with Crippen LogP contribution in [0, 0.1) is 6.92 Å². The van der Waals surface area contributed by atoms with Crippen molar-refractivity contribution >= 4 is 23.4 Å². The molecule has 23 heavy (non-hydrogen) atoms. The molecule has 116 valence electrons. The SMILES string of the molecule is Cc1ccc(NC(=O)c2ccoc2CSc2ccccc2)cc1. The molecule has 3 aromatic rings. The molecule has 1 aromatic heterocycles. The number of carbonyl (C=O) groups is 1. The van der Waals surface area contributed by atoms with E-state index < -0.39 is 0 Å². The fraction of sp³-hybridized carbons (Fsp3) is 0.105. The minimum atomic E-state index is -0.147. The molecule has 1 N–H and O–H groups in total. The van der Waals surface area contributed by atoms with Crippen LogP contribution in [0.5, 0.6) is 0 Å². The number of benzene rings is 2. The first-order chi connectivity index (χ1) is 11.2. The Morgan fingerprint density at radius 1 is 1.04 bits per heavy atom. The molecule has 0 aliphatic rings. The second-order valence-corrected chi connectivity index (χ2v) is 6.23. The van der Waals surface area contributed by atoms with Gasteiger partial charge in [0.2, 0.25) is 0 Å². The van der Waals surface area contributed by atoms with Crippen molar-refractivity contribution in [2.45, 2.75) is 17.6 Å². The van der Waals surface area contributed by atoms with Gasteiger partial charge in [-0.1, -0.05) is 35.9 Å². The van der Waals surface area contributed by atoms with Gasteiger partial charge in [-0.25, -0.2) is 0 Å². The lowest BCUT2D eigenvalue weighted by Crippen LogP contribution is -2.12. The van der Waals surface area contributed by atoms with Gasteiger partial charge in [-0.2, -0.15) is 0 Å². The van der Waals surface area contributed by atoms with E-state index in [0.717, 1.165) is 16.1 Å². The first-order valence-corrected chi connectivity index (χ1v) is 8.33. The number of furan rings is 1. The lowest BCUT2D eigenvalue weighted by Gasteiger charge is -2.06. The van der Waals surface area contributed by atoms with Crippen LogP contribution in [0.1, 0.15) is 21.7 Å². The summed E-state index contributed by atoms with van der Waals surface area (Å²) in [7, 11) is 0. The standard InChI is InChI=1S/C19H17NO2S/c1-14-7-9-15(10-8-14)20-19(21)17-11-12-22-18(17)13-23-16-5-3-2-4-6-16/h2-12H,13H2,1H3,(H,20,21). The number of rotatable bonds is 5. The summed E-state index contributed by atoms with van der Waals surface area (Å²) < 4.78 is 5.48. The molecule has 0 radical (unpaired) electrons. The topological polar surface area (TPSA) is 42.2 Å². The maximum absolute atomic E-state index is 12.4. The number of anilines is 1. The molecule has 1 heterocycles. The summed E-state index contributed by atoms with van der Waals surface area (Å²) >= 11 is 1.64. The highest BCUT2D eigenvalue weighted by Crippen LogP contribution is 2.25. The summed E-state index contributed by atoms with van der Waals surface area (Å²) in [5.74, 6) is 1.16. The van der Waals surface area contributed by atoms with Gasteiger partial charge in [0, 0.05) is 10.6 Å². The Morgan fingerprint density at radius 3 is 2.52 bits per heavy atom. The molecule has 4 heteroatoms. The molecule has 2 aromatic carbocycles. The van der Waals surface area contributed by atoms with Crippen LogP contribution >= 0.6 is 11.8 Å². The van der Waals surface area contributed by atoms with Gasteiger partial charge >= 0.3 is 0 Å². The molecule has 0 bridgehead atoms. The average molecular weight is 323 g/mol. The first kappa shape index (κ1) is 15.4. The van der Waals surface area contributed by atoms with Crippen LogP contribution in [0.2, 0.25) is 0 Å². The number of hydrogen-bond donors (Lipinski definition) is 1. The van der Waals surface area contributed by atoms with Crippen molar-refractivity contribution in [2.24, 2.45) is 0 Å². The van der Waals surface area contributed by atoms with Gasteiger partial charge in [-0.15, -0.1) is 11.8 Å². The number of amides is 1. The van der Waals surface area contributed by atoms with E-state index in [-0.39, 0.29) is 5.91 Å². The molecule has 0 spiro atoms. The van der Waals surface area contributed by atoms with Crippen LogP contribution in [-0.4, -0.2) is 5.91 Å². The molecule has 3 rings (SSSR count). The summed E-state index contributed by atoms with van der Waals surface area (Å²) in [6.45, 7) is 2.01. The zero-order valence-electron chi connectivity index (χ0n) is 12.8. The van der Waals surface area contributed by atoms with E-state index in [2.05, 4.69) is 5.32 Å². The predicted molar refractivity (Wildman–Crippen MR) is 93.8 cm³/mol. The van der Waals surface area contributed by atoms with Crippen LogP contribution < -0.4 is 5.32 Å². The van der Waals surface area contributed by atoms with E-state index >= 15 is 0 Å². The van der Waals surface area contributed by atoms with Gasteiger partial charge in [0.05, 0.1) is 17.6 Å². The van der Waals surface area contributed by atoms with Crippen molar-refractivity contribution in [3.05, 3.63) is 83.8 Å². The molecule has 1 amide bonds. The Kier molecular flexibility index (Phi) is 4.83. The van der Waals surface area contributed by atoms with Gasteiger partial charge in [-0.3, -0.25) is 4.79 Å². The van der Waals surface area contributed by atoms with E-state index in [9.17, 15) is 4.79 Å². The highest BCUT2D eigenvalue weighted by atomic mass is 32.2. The molecule has 0 aliphatic heterocycles.